The zero-order valence-electron chi connectivity index (χ0n) is 19.6. The SMILES string of the molecule is O=c1ccc2ncc(F)c3c2n1C[C@@]3(O)CC12CCC(NCc3cc4c(nn3)OCCO4)(CC1)CO2. The van der Waals surface area contributed by atoms with Crippen LogP contribution in [0.1, 0.15) is 43.4 Å². The van der Waals surface area contributed by atoms with Gasteiger partial charge in [-0.1, -0.05) is 0 Å². The van der Waals surface area contributed by atoms with E-state index in [4.69, 9.17) is 14.2 Å². The maximum Gasteiger partial charge on any atom is 0.276 e. The summed E-state index contributed by atoms with van der Waals surface area (Å²) < 4.78 is 33.9. The van der Waals surface area contributed by atoms with E-state index in [9.17, 15) is 14.3 Å². The number of aromatic nitrogens is 4. The van der Waals surface area contributed by atoms with Crippen molar-refractivity contribution in [1.82, 2.24) is 25.1 Å². The second-order valence-electron chi connectivity index (χ2n) is 10.5. The Bertz CT molecular complexity index is 1420. The van der Waals surface area contributed by atoms with Gasteiger partial charge in [-0.25, -0.2) is 4.39 Å². The maximum atomic E-state index is 15.0. The first kappa shape index (κ1) is 22.1. The normalized spacial score (nSPS) is 30.2. The lowest BCUT2D eigenvalue weighted by molar-refractivity contribution is -0.192. The molecule has 2 saturated heterocycles. The van der Waals surface area contributed by atoms with Crippen LogP contribution in [0.5, 0.6) is 11.6 Å². The largest absolute Gasteiger partial charge is 0.484 e. The number of fused-ring (bicyclic) bond motifs is 4. The predicted octanol–water partition coefficient (Wildman–Crippen LogP) is 1.56. The van der Waals surface area contributed by atoms with Crippen molar-refractivity contribution in [2.45, 2.75) is 61.9 Å². The van der Waals surface area contributed by atoms with E-state index in [2.05, 4.69) is 20.5 Å². The van der Waals surface area contributed by atoms with E-state index in [0.29, 0.717) is 49.0 Å². The second-order valence-corrected chi connectivity index (χ2v) is 10.5. The minimum atomic E-state index is -1.54. The monoisotopic (exact) mass is 495 g/mol. The molecule has 3 aromatic heterocycles. The van der Waals surface area contributed by atoms with Crippen molar-refractivity contribution in [2.75, 3.05) is 19.8 Å². The lowest BCUT2D eigenvalue weighted by Gasteiger charge is -2.55. The van der Waals surface area contributed by atoms with Gasteiger partial charge in [0.1, 0.15) is 24.6 Å². The van der Waals surface area contributed by atoms with Gasteiger partial charge in [-0.05, 0) is 31.7 Å². The number of rotatable bonds is 5. The van der Waals surface area contributed by atoms with Gasteiger partial charge in [0.2, 0.25) is 0 Å². The molecule has 36 heavy (non-hydrogen) atoms. The van der Waals surface area contributed by atoms with Crippen LogP contribution in [0.3, 0.4) is 0 Å². The van der Waals surface area contributed by atoms with Crippen LogP contribution in [0.2, 0.25) is 0 Å². The summed E-state index contributed by atoms with van der Waals surface area (Å²) in [5.41, 5.74) is -0.805. The van der Waals surface area contributed by atoms with Gasteiger partial charge in [0, 0.05) is 36.2 Å². The molecule has 3 aromatic rings. The Morgan fingerprint density at radius 3 is 2.78 bits per heavy atom. The molecular formula is C25H26FN5O5. The molecule has 8 rings (SSSR count). The van der Waals surface area contributed by atoms with Crippen molar-refractivity contribution in [3.8, 4) is 11.6 Å². The number of aliphatic hydroxyl groups is 1. The summed E-state index contributed by atoms with van der Waals surface area (Å²) in [4.78, 5) is 16.6. The molecule has 1 atom stereocenters. The topological polar surface area (TPSA) is 121 Å². The molecule has 0 amide bonds. The van der Waals surface area contributed by atoms with Crippen molar-refractivity contribution in [1.29, 1.82) is 0 Å². The smallest absolute Gasteiger partial charge is 0.276 e. The van der Waals surface area contributed by atoms with Gasteiger partial charge in [-0.2, -0.15) is 5.10 Å². The van der Waals surface area contributed by atoms with Crippen molar-refractivity contribution < 1.29 is 23.7 Å². The number of nitrogens with one attached hydrogen (secondary N) is 1. The van der Waals surface area contributed by atoms with Crippen molar-refractivity contribution in [3.63, 3.8) is 0 Å². The molecule has 2 bridgehead atoms. The van der Waals surface area contributed by atoms with Crippen LogP contribution in [-0.4, -0.2) is 55.8 Å². The first-order valence-electron chi connectivity index (χ1n) is 12.3. The highest BCUT2D eigenvalue weighted by atomic mass is 19.1. The molecular weight excluding hydrogens is 469 g/mol. The first-order valence-corrected chi connectivity index (χ1v) is 12.3. The maximum absolute atomic E-state index is 15.0. The highest BCUT2D eigenvalue weighted by Gasteiger charge is 2.55. The Labute approximate surface area is 205 Å². The third kappa shape index (κ3) is 3.33. The van der Waals surface area contributed by atoms with Crippen molar-refractivity contribution >= 4 is 11.0 Å². The Hall–Kier alpha value is -3.15. The van der Waals surface area contributed by atoms with Gasteiger partial charge in [-0.3, -0.25) is 9.78 Å². The van der Waals surface area contributed by atoms with Crippen LogP contribution in [0.4, 0.5) is 4.39 Å². The Morgan fingerprint density at radius 1 is 1.14 bits per heavy atom. The standard InChI is InChI=1S/C25H26FN5O5/c26-16-11-27-17-1-2-19(32)31-13-25(33,20(16)21(17)31)12-24-5-3-23(4-6-24,14-36-24)28-10-15-9-18-22(30-29-15)35-8-7-34-18/h1-2,9,11,28,33H,3-8,10,12-14H2/t23?,24?,25-/m0/s1. The zero-order chi connectivity index (χ0) is 24.5. The molecule has 3 fully saturated rings. The summed E-state index contributed by atoms with van der Waals surface area (Å²) in [6.07, 6.45) is 4.48. The molecule has 4 aliphatic heterocycles. The van der Waals surface area contributed by atoms with Crippen LogP contribution in [-0.2, 0) is 23.4 Å². The van der Waals surface area contributed by atoms with Gasteiger partial charge >= 0.3 is 0 Å². The average Bonchev–Trinajstić information content (AvgIpc) is 3.21. The van der Waals surface area contributed by atoms with Gasteiger partial charge in [0.05, 0.1) is 41.7 Å². The zero-order valence-corrected chi connectivity index (χ0v) is 19.6. The van der Waals surface area contributed by atoms with E-state index in [1.165, 1.54) is 10.6 Å². The predicted molar refractivity (Wildman–Crippen MR) is 124 cm³/mol. The van der Waals surface area contributed by atoms with Crippen LogP contribution >= 0.6 is 0 Å². The van der Waals surface area contributed by atoms with Gasteiger partial charge < -0.3 is 29.2 Å². The number of nitrogens with zero attached hydrogens (tertiary/aromatic N) is 4. The quantitative estimate of drug-likeness (QED) is 0.543. The van der Waals surface area contributed by atoms with Crippen LogP contribution < -0.4 is 20.3 Å². The van der Waals surface area contributed by atoms with E-state index in [1.54, 1.807) is 6.07 Å². The molecule has 0 radical (unpaired) electrons. The molecule has 10 nitrogen and oxygen atoms in total. The molecule has 5 aliphatic rings. The van der Waals surface area contributed by atoms with Gasteiger partial charge in [0.25, 0.3) is 11.4 Å². The minimum Gasteiger partial charge on any atom is -0.484 e. The highest BCUT2D eigenvalue weighted by molar-refractivity contribution is 5.81. The molecule has 188 valence electrons. The molecule has 11 heteroatoms. The minimum absolute atomic E-state index is 0.00158. The van der Waals surface area contributed by atoms with E-state index in [0.717, 1.165) is 37.6 Å². The summed E-state index contributed by atoms with van der Waals surface area (Å²) in [5.74, 6) is 0.431. The lowest BCUT2D eigenvalue weighted by Crippen LogP contribution is -2.62. The van der Waals surface area contributed by atoms with Gasteiger partial charge in [0.15, 0.2) is 5.75 Å². The van der Waals surface area contributed by atoms with Crippen LogP contribution in [0.25, 0.3) is 11.0 Å². The fraction of sp³-hybridized carbons (Fsp3) is 0.520. The molecule has 7 heterocycles. The van der Waals surface area contributed by atoms with Crippen LogP contribution in [0.15, 0.2) is 29.2 Å². The highest BCUT2D eigenvalue weighted by Crippen LogP contribution is 2.51. The summed E-state index contributed by atoms with van der Waals surface area (Å²) in [7, 11) is 0. The molecule has 0 spiro atoms. The van der Waals surface area contributed by atoms with E-state index >= 15 is 0 Å². The number of hydrogen-bond donors (Lipinski definition) is 2. The molecule has 0 unspecified atom stereocenters. The molecule has 1 aliphatic carbocycles. The summed E-state index contributed by atoms with van der Waals surface area (Å²) in [6, 6.07) is 4.83. The lowest BCUT2D eigenvalue weighted by atomic mass is 9.67. The summed E-state index contributed by atoms with van der Waals surface area (Å²) in [6.45, 7) is 1.95. The van der Waals surface area contributed by atoms with E-state index < -0.39 is 17.0 Å². The number of hydrogen-bond acceptors (Lipinski definition) is 9. The molecule has 0 aromatic carbocycles. The second kappa shape index (κ2) is 7.67. The number of pyridine rings is 2. The summed E-state index contributed by atoms with van der Waals surface area (Å²) >= 11 is 0. The van der Waals surface area contributed by atoms with Crippen LogP contribution in [0, 0.1) is 5.82 Å². The summed E-state index contributed by atoms with van der Waals surface area (Å²) in [5, 5.41) is 23.7. The molecule has 1 saturated carbocycles. The number of ether oxygens (including phenoxy) is 3. The van der Waals surface area contributed by atoms with Crippen molar-refractivity contribution in [3.05, 3.63) is 51.8 Å². The average molecular weight is 496 g/mol. The Morgan fingerprint density at radius 2 is 1.97 bits per heavy atom. The van der Waals surface area contributed by atoms with E-state index in [1.807, 2.05) is 6.07 Å². The third-order valence-corrected chi connectivity index (χ3v) is 8.23. The molecule has 2 N–H and O–H groups in total. The van der Waals surface area contributed by atoms with E-state index in [-0.39, 0.29) is 29.6 Å². The first-order chi connectivity index (χ1) is 17.4. The fourth-order valence-electron chi connectivity index (χ4n) is 6.33. The fourth-order valence-corrected chi connectivity index (χ4v) is 6.33. The van der Waals surface area contributed by atoms with Crippen molar-refractivity contribution in [2.24, 2.45) is 0 Å². The Kier molecular flexibility index (Phi) is 4.71. The Balaban J connectivity index is 1.08. The van der Waals surface area contributed by atoms with Gasteiger partial charge in [-0.15, -0.1) is 5.10 Å². The third-order valence-electron chi connectivity index (χ3n) is 8.23. The number of halogens is 1.